The van der Waals surface area contributed by atoms with E-state index >= 15 is 0 Å². The average molecular weight is 358 g/mol. The molecule has 0 N–H and O–H groups in total. The Morgan fingerprint density at radius 2 is 1.53 bits per heavy atom. The third-order valence-electron chi connectivity index (χ3n) is 2.24. The summed E-state index contributed by atoms with van der Waals surface area (Å²) in [6.07, 6.45) is 9.76. The molecule has 0 saturated heterocycles. The monoisotopic (exact) mass is 356 g/mol. The van der Waals surface area contributed by atoms with Crippen LogP contribution < -0.4 is 49.6 Å². The fraction of sp³-hybridized carbons (Fsp3) is 0.800. The van der Waals surface area contributed by atoms with Gasteiger partial charge in [-0.2, -0.15) is 0 Å². The van der Waals surface area contributed by atoms with Crippen molar-refractivity contribution in [3.63, 3.8) is 0 Å². The van der Waals surface area contributed by atoms with Crippen LogP contribution in [-0.4, -0.2) is 30.1 Å². The number of nitrogens with zero attached hydrogens (tertiary/aromatic N) is 2. The number of hydrogen-bond acceptors (Lipinski definition) is 2. The Labute approximate surface area is 145 Å². The molecule has 0 unspecified atom stereocenters. The fourth-order valence-electron chi connectivity index (χ4n) is 1.48. The van der Waals surface area contributed by atoms with E-state index < -0.39 is 0 Å². The maximum atomic E-state index is 2.37. The van der Waals surface area contributed by atoms with E-state index in [4.69, 9.17) is 0 Å². The van der Waals surface area contributed by atoms with E-state index in [9.17, 15) is 0 Å². The molecule has 17 heavy (non-hydrogen) atoms. The molecule has 0 bridgehead atoms. The molecule has 0 aliphatic carbocycles. The normalized spacial score (nSPS) is 11.4. The topological polar surface area (TPSA) is 6.48 Å². The SMILES string of the molecule is CCCCCCN1C=CN(C)C1.[Cl-].[Cl-].[Cl-].[Cl-].[Ti+4]. The van der Waals surface area contributed by atoms with E-state index in [1.165, 1.54) is 32.2 Å². The molecule has 0 fully saturated rings. The first-order chi connectivity index (χ1) is 5.83. The molecule has 0 spiro atoms. The minimum Gasteiger partial charge on any atom is -1.00 e. The Bertz CT molecular complexity index is 161. The summed E-state index contributed by atoms with van der Waals surface area (Å²) in [5.74, 6) is 0. The van der Waals surface area contributed by atoms with Gasteiger partial charge < -0.3 is 59.4 Å². The van der Waals surface area contributed by atoms with Crippen LogP contribution in [0.5, 0.6) is 0 Å². The fourth-order valence-corrected chi connectivity index (χ4v) is 1.48. The summed E-state index contributed by atoms with van der Waals surface area (Å²) in [4.78, 5) is 4.58. The maximum Gasteiger partial charge on any atom is 4.00 e. The number of rotatable bonds is 5. The zero-order valence-corrected chi connectivity index (χ0v) is 14.9. The molecule has 1 aliphatic heterocycles. The Kier molecular flexibility index (Phi) is 35.5. The quantitative estimate of drug-likeness (QED) is 0.356. The van der Waals surface area contributed by atoms with Crippen LogP contribution in [0.1, 0.15) is 32.6 Å². The smallest absolute Gasteiger partial charge is 1.00 e. The molecule has 1 rings (SSSR count). The first kappa shape index (κ1) is 30.9. The van der Waals surface area contributed by atoms with Crippen LogP contribution in [0, 0.1) is 0 Å². The zero-order chi connectivity index (χ0) is 8.81. The van der Waals surface area contributed by atoms with Crippen molar-refractivity contribution in [2.24, 2.45) is 0 Å². The van der Waals surface area contributed by atoms with Crippen molar-refractivity contribution in [3.05, 3.63) is 12.4 Å². The molecule has 0 amide bonds. The molecular formula is C10H20Cl4N2Ti. The second kappa shape index (κ2) is 19.6. The zero-order valence-electron chi connectivity index (χ0n) is 10.3. The molecule has 1 heterocycles. The molecule has 0 radical (unpaired) electrons. The summed E-state index contributed by atoms with van der Waals surface area (Å²) in [5.41, 5.74) is 0. The summed E-state index contributed by atoms with van der Waals surface area (Å²) >= 11 is 0. The molecule has 102 valence electrons. The van der Waals surface area contributed by atoms with E-state index in [2.05, 4.69) is 36.2 Å². The van der Waals surface area contributed by atoms with Crippen LogP contribution in [0.4, 0.5) is 0 Å². The summed E-state index contributed by atoms with van der Waals surface area (Å²) < 4.78 is 0. The van der Waals surface area contributed by atoms with Crippen molar-refractivity contribution in [3.8, 4) is 0 Å². The molecule has 2 nitrogen and oxygen atoms in total. The molecule has 7 heteroatoms. The van der Waals surface area contributed by atoms with Gasteiger partial charge in [0.2, 0.25) is 0 Å². The minimum atomic E-state index is 0. The van der Waals surface area contributed by atoms with Crippen LogP contribution in [0.25, 0.3) is 0 Å². The van der Waals surface area contributed by atoms with Gasteiger partial charge >= 0.3 is 21.7 Å². The van der Waals surface area contributed by atoms with Gasteiger partial charge in [0.1, 0.15) is 0 Å². The third-order valence-corrected chi connectivity index (χ3v) is 2.24. The third kappa shape index (κ3) is 15.2. The second-order valence-electron chi connectivity index (χ2n) is 3.57. The van der Waals surface area contributed by atoms with Gasteiger partial charge in [-0.1, -0.05) is 26.2 Å². The van der Waals surface area contributed by atoms with Crippen LogP contribution in [0.3, 0.4) is 0 Å². The Morgan fingerprint density at radius 1 is 0.941 bits per heavy atom. The minimum absolute atomic E-state index is 0. The van der Waals surface area contributed by atoms with E-state index in [0.717, 1.165) is 6.67 Å². The van der Waals surface area contributed by atoms with Crippen molar-refractivity contribution in [1.29, 1.82) is 0 Å². The van der Waals surface area contributed by atoms with Gasteiger partial charge in [0, 0.05) is 26.0 Å². The largest absolute Gasteiger partial charge is 4.00 e. The average Bonchev–Trinajstić information content (AvgIpc) is 2.45. The summed E-state index contributed by atoms with van der Waals surface area (Å²) in [6, 6.07) is 0. The predicted molar refractivity (Wildman–Crippen MR) is 52.6 cm³/mol. The van der Waals surface area contributed by atoms with E-state index in [-0.39, 0.29) is 71.3 Å². The van der Waals surface area contributed by atoms with Crippen LogP contribution in [0.15, 0.2) is 12.4 Å². The van der Waals surface area contributed by atoms with Crippen LogP contribution >= 0.6 is 0 Å². The van der Waals surface area contributed by atoms with Gasteiger partial charge in [-0.05, 0) is 6.42 Å². The van der Waals surface area contributed by atoms with E-state index in [1.54, 1.807) is 0 Å². The Hall–Kier alpha value is 1.21. The standard InChI is InChI=1S/C10H20N2.4ClH.Ti/c1-3-4-5-6-7-12-9-8-11(2)10-12;;;;;/h8-9H,3-7,10H2,1-2H3;4*1H;/q;;;;;+4/p-4. The van der Waals surface area contributed by atoms with Crippen LogP contribution in [-0.2, 0) is 21.7 Å². The first-order valence-electron chi connectivity index (χ1n) is 4.95. The van der Waals surface area contributed by atoms with E-state index in [0.29, 0.717) is 0 Å². The Balaban J connectivity index is -0.0000000960. The number of hydrogen-bond donors (Lipinski definition) is 0. The molecule has 0 atom stereocenters. The number of unbranched alkanes of at least 4 members (excludes halogenated alkanes) is 3. The predicted octanol–water partition coefficient (Wildman–Crippen LogP) is -9.74. The molecule has 0 saturated carbocycles. The van der Waals surface area contributed by atoms with Crippen molar-refractivity contribution in [2.45, 2.75) is 32.6 Å². The van der Waals surface area contributed by atoms with E-state index in [1.807, 2.05) is 0 Å². The van der Waals surface area contributed by atoms with Gasteiger partial charge in [0.25, 0.3) is 0 Å². The molecule has 0 aromatic rings. The van der Waals surface area contributed by atoms with Crippen molar-refractivity contribution in [1.82, 2.24) is 9.80 Å². The number of halogens is 4. The van der Waals surface area contributed by atoms with Gasteiger partial charge in [-0.3, -0.25) is 0 Å². The van der Waals surface area contributed by atoms with Crippen LogP contribution in [0.2, 0.25) is 0 Å². The van der Waals surface area contributed by atoms with Gasteiger partial charge in [0.05, 0.1) is 6.67 Å². The van der Waals surface area contributed by atoms with Crippen molar-refractivity contribution in [2.75, 3.05) is 20.3 Å². The molecular weight excluding hydrogens is 338 g/mol. The molecule has 0 aromatic heterocycles. The summed E-state index contributed by atoms with van der Waals surface area (Å²) in [5, 5.41) is 0. The van der Waals surface area contributed by atoms with Gasteiger partial charge in [0.15, 0.2) is 0 Å². The van der Waals surface area contributed by atoms with Gasteiger partial charge in [-0.15, -0.1) is 0 Å². The maximum absolute atomic E-state index is 2.37. The van der Waals surface area contributed by atoms with Crippen molar-refractivity contribution < 1.29 is 71.3 Å². The summed E-state index contributed by atoms with van der Waals surface area (Å²) in [7, 11) is 2.11. The molecule has 0 aromatic carbocycles. The molecule has 1 aliphatic rings. The second-order valence-corrected chi connectivity index (χ2v) is 3.57. The Morgan fingerprint density at radius 3 is 1.94 bits per heavy atom. The van der Waals surface area contributed by atoms with Gasteiger partial charge in [-0.25, -0.2) is 0 Å². The summed E-state index contributed by atoms with van der Waals surface area (Å²) in [6.45, 7) is 4.55. The first-order valence-corrected chi connectivity index (χ1v) is 4.95. The van der Waals surface area contributed by atoms with Crippen molar-refractivity contribution >= 4 is 0 Å².